The molecule has 116 valence electrons. The monoisotopic (exact) mass is 316 g/mol. The number of fused-ring (bicyclic) bond motifs is 1. The third-order valence-electron chi connectivity index (χ3n) is 3.89. The summed E-state index contributed by atoms with van der Waals surface area (Å²) in [6.07, 6.45) is 1.04. The lowest BCUT2D eigenvalue weighted by Gasteiger charge is -2.38. The van der Waals surface area contributed by atoms with E-state index in [4.69, 9.17) is 0 Å². The summed E-state index contributed by atoms with van der Waals surface area (Å²) in [6.45, 7) is 4.27. The van der Waals surface area contributed by atoms with Gasteiger partial charge in [-0.25, -0.2) is 8.42 Å². The van der Waals surface area contributed by atoms with Gasteiger partial charge in [0.2, 0.25) is 0 Å². The van der Waals surface area contributed by atoms with Gasteiger partial charge in [-0.05, 0) is 30.7 Å². The molecule has 0 aromatic heterocycles. The molecule has 4 nitrogen and oxygen atoms in total. The summed E-state index contributed by atoms with van der Waals surface area (Å²) in [6, 6.07) is 16.4. The van der Waals surface area contributed by atoms with Crippen molar-refractivity contribution >= 4 is 21.4 Å². The highest BCUT2D eigenvalue weighted by Gasteiger charge is 2.31. The van der Waals surface area contributed by atoms with E-state index in [1.54, 1.807) is 24.3 Å². The summed E-state index contributed by atoms with van der Waals surface area (Å²) in [5.74, 6) is 0. The van der Waals surface area contributed by atoms with Gasteiger partial charge in [0.15, 0.2) is 0 Å². The third kappa shape index (κ3) is 2.57. The Bertz CT molecular complexity index is 744. The van der Waals surface area contributed by atoms with Gasteiger partial charge in [-0.2, -0.15) is 0 Å². The van der Waals surface area contributed by atoms with Crippen molar-refractivity contribution in [1.82, 2.24) is 0 Å². The predicted molar refractivity (Wildman–Crippen MR) is 89.9 cm³/mol. The van der Waals surface area contributed by atoms with Crippen LogP contribution in [0, 0.1) is 0 Å². The highest BCUT2D eigenvalue weighted by Crippen LogP contribution is 2.36. The minimum absolute atomic E-state index is 0.341. The van der Waals surface area contributed by atoms with E-state index in [1.807, 2.05) is 30.3 Å². The van der Waals surface area contributed by atoms with Crippen LogP contribution in [-0.4, -0.2) is 28.1 Å². The van der Waals surface area contributed by atoms with Crippen LogP contribution in [0.5, 0.6) is 0 Å². The average Bonchev–Trinajstić information content (AvgIpc) is 2.56. The van der Waals surface area contributed by atoms with Crippen molar-refractivity contribution in [3.8, 4) is 0 Å². The Labute approximate surface area is 132 Å². The lowest BCUT2D eigenvalue weighted by molar-refractivity contribution is 0.588. The molecule has 0 saturated heterocycles. The number of anilines is 2. The van der Waals surface area contributed by atoms with Gasteiger partial charge in [0.1, 0.15) is 0 Å². The molecule has 0 atom stereocenters. The summed E-state index contributed by atoms with van der Waals surface area (Å²) in [7, 11) is -3.51. The fourth-order valence-electron chi connectivity index (χ4n) is 2.87. The molecule has 1 heterocycles. The Morgan fingerprint density at radius 3 is 2.23 bits per heavy atom. The zero-order chi connectivity index (χ0) is 15.6. The minimum Gasteiger partial charge on any atom is -0.368 e. The number of benzene rings is 2. The third-order valence-corrected chi connectivity index (χ3v) is 5.72. The van der Waals surface area contributed by atoms with Crippen molar-refractivity contribution in [3.63, 3.8) is 0 Å². The van der Waals surface area contributed by atoms with Crippen LogP contribution in [0.15, 0.2) is 59.5 Å². The van der Waals surface area contributed by atoms with E-state index in [-0.39, 0.29) is 0 Å². The topological polar surface area (TPSA) is 40.6 Å². The van der Waals surface area contributed by atoms with Crippen LogP contribution in [0.1, 0.15) is 13.3 Å². The quantitative estimate of drug-likeness (QED) is 0.870. The molecule has 2 aromatic rings. The summed E-state index contributed by atoms with van der Waals surface area (Å²) >= 11 is 0. The van der Waals surface area contributed by atoms with Crippen LogP contribution in [0.2, 0.25) is 0 Å². The molecule has 0 fully saturated rings. The minimum atomic E-state index is -3.51. The van der Waals surface area contributed by atoms with Gasteiger partial charge in [-0.3, -0.25) is 4.31 Å². The Morgan fingerprint density at radius 1 is 0.909 bits per heavy atom. The van der Waals surface area contributed by atoms with Crippen molar-refractivity contribution in [2.75, 3.05) is 28.8 Å². The van der Waals surface area contributed by atoms with Crippen LogP contribution in [0.3, 0.4) is 0 Å². The average molecular weight is 316 g/mol. The number of hydrogen-bond donors (Lipinski definition) is 0. The maximum atomic E-state index is 12.9. The molecule has 22 heavy (non-hydrogen) atoms. The first-order valence-corrected chi connectivity index (χ1v) is 9.00. The summed E-state index contributed by atoms with van der Waals surface area (Å²) in [5, 5.41) is 0. The van der Waals surface area contributed by atoms with Gasteiger partial charge in [-0.1, -0.05) is 37.3 Å². The molecule has 0 spiro atoms. The first-order chi connectivity index (χ1) is 10.6. The molecule has 0 N–H and O–H groups in total. The van der Waals surface area contributed by atoms with E-state index < -0.39 is 10.0 Å². The largest absolute Gasteiger partial charge is 0.368 e. The fourth-order valence-corrected chi connectivity index (χ4v) is 4.36. The molecule has 5 heteroatoms. The van der Waals surface area contributed by atoms with E-state index in [2.05, 4.69) is 11.8 Å². The van der Waals surface area contributed by atoms with Crippen LogP contribution in [-0.2, 0) is 10.0 Å². The normalized spacial score (nSPS) is 14.8. The van der Waals surface area contributed by atoms with Gasteiger partial charge in [0.25, 0.3) is 10.0 Å². The second-order valence-corrected chi connectivity index (χ2v) is 7.23. The van der Waals surface area contributed by atoms with Gasteiger partial charge in [0, 0.05) is 13.1 Å². The molecule has 1 aliphatic rings. The molecule has 2 aromatic carbocycles. The van der Waals surface area contributed by atoms with Gasteiger partial charge < -0.3 is 4.90 Å². The smallest absolute Gasteiger partial charge is 0.264 e. The van der Waals surface area contributed by atoms with E-state index >= 15 is 0 Å². The summed E-state index contributed by atoms with van der Waals surface area (Å²) < 4.78 is 27.4. The maximum Gasteiger partial charge on any atom is 0.264 e. The Balaban J connectivity index is 2.04. The molecular formula is C17H20N2O2S. The van der Waals surface area contributed by atoms with Gasteiger partial charge in [-0.15, -0.1) is 0 Å². The fraction of sp³-hybridized carbons (Fsp3) is 0.294. The molecule has 3 rings (SSSR count). The van der Waals surface area contributed by atoms with Crippen molar-refractivity contribution in [3.05, 3.63) is 54.6 Å². The van der Waals surface area contributed by atoms with Crippen LogP contribution in [0.4, 0.5) is 11.4 Å². The zero-order valence-electron chi connectivity index (χ0n) is 12.6. The second-order valence-electron chi connectivity index (χ2n) is 5.37. The first kappa shape index (κ1) is 14.9. The molecule has 0 saturated carbocycles. The summed E-state index contributed by atoms with van der Waals surface area (Å²) in [4.78, 5) is 2.60. The number of hydrogen-bond acceptors (Lipinski definition) is 3. The molecular weight excluding hydrogens is 296 g/mol. The van der Waals surface area contributed by atoms with Crippen LogP contribution >= 0.6 is 0 Å². The lowest BCUT2D eigenvalue weighted by atomic mass is 10.2. The standard InChI is InChI=1S/C17H20N2O2S/c1-2-12-18-13-14-19(17-11-7-6-10-16(17)18)22(20,21)15-8-4-3-5-9-15/h3-11H,2,12-14H2,1H3. The first-order valence-electron chi connectivity index (χ1n) is 7.56. The van der Waals surface area contributed by atoms with Crippen molar-refractivity contribution in [2.45, 2.75) is 18.2 Å². The van der Waals surface area contributed by atoms with E-state index in [9.17, 15) is 8.42 Å². The Kier molecular flexibility index (Phi) is 4.07. The van der Waals surface area contributed by atoms with Crippen LogP contribution < -0.4 is 9.21 Å². The molecule has 0 amide bonds. The number of rotatable bonds is 4. The molecule has 0 unspecified atom stereocenters. The van der Waals surface area contributed by atoms with E-state index in [0.717, 1.165) is 30.9 Å². The maximum absolute atomic E-state index is 12.9. The summed E-state index contributed by atoms with van der Waals surface area (Å²) in [5.41, 5.74) is 1.76. The van der Waals surface area contributed by atoms with Gasteiger partial charge >= 0.3 is 0 Å². The number of nitrogens with zero attached hydrogens (tertiary/aromatic N) is 2. The highest BCUT2D eigenvalue weighted by molar-refractivity contribution is 7.92. The van der Waals surface area contributed by atoms with Crippen molar-refractivity contribution < 1.29 is 8.42 Å². The predicted octanol–water partition coefficient (Wildman–Crippen LogP) is 3.11. The zero-order valence-corrected chi connectivity index (χ0v) is 13.5. The van der Waals surface area contributed by atoms with Crippen molar-refractivity contribution in [2.24, 2.45) is 0 Å². The van der Waals surface area contributed by atoms with Crippen molar-refractivity contribution in [1.29, 1.82) is 0 Å². The Hall–Kier alpha value is -2.01. The van der Waals surface area contributed by atoms with Gasteiger partial charge in [0.05, 0.1) is 22.8 Å². The lowest BCUT2D eigenvalue weighted by Crippen LogP contribution is -2.44. The Morgan fingerprint density at radius 2 is 1.55 bits per heavy atom. The van der Waals surface area contributed by atoms with Crippen LogP contribution in [0.25, 0.3) is 0 Å². The highest BCUT2D eigenvalue weighted by atomic mass is 32.2. The second kappa shape index (κ2) is 6.01. The molecule has 0 radical (unpaired) electrons. The molecule has 0 bridgehead atoms. The SMILES string of the molecule is CCCN1CCN(S(=O)(=O)c2ccccc2)c2ccccc21. The van der Waals surface area contributed by atoms with E-state index in [0.29, 0.717) is 11.4 Å². The number of para-hydroxylation sites is 2. The molecule has 0 aliphatic carbocycles. The number of sulfonamides is 1. The molecule has 1 aliphatic heterocycles. The van der Waals surface area contributed by atoms with E-state index in [1.165, 1.54) is 4.31 Å².